The molecule has 6 rings (SSSR count). The Balaban J connectivity index is 1.42. The van der Waals surface area contributed by atoms with Crippen LogP contribution in [0.4, 0.5) is 0 Å². The van der Waals surface area contributed by atoms with Crippen molar-refractivity contribution in [2.75, 3.05) is 35.5 Å². The first kappa shape index (κ1) is 31.8. The van der Waals surface area contributed by atoms with Gasteiger partial charge in [0, 0.05) is 27.4 Å². The normalized spacial score (nSPS) is 11.4. The Bertz CT molecular complexity index is 2130. The van der Waals surface area contributed by atoms with E-state index in [1.807, 2.05) is 48.5 Å². The fourth-order valence-electron chi connectivity index (χ4n) is 5.68. The predicted octanol–water partition coefficient (Wildman–Crippen LogP) is 6.99. The Morgan fingerprint density at radius 2 is 1.50 bits per heavy atom. The fourth-order valence-corrected chi connectivity index (χ4v) is 5.68. The number of ether oxygens (including phenoxy) is 5. The van der Waals surface area contributed by atoms with Crippen LogP contribution in [0.25, 0.3) is 44.7 Å². The fraction of sp³-hybridized carbons (Fsp3) is 0.158. The summed E-state index contributed by atoms with van der Waals surface area (Å²) in [6, 6.07) is 26.1. The number of nitrogens with one attached hydrogen (secondary N) is 2. The number of amides is 1. The van der Waals surface area contributed by atoms with Crippen LogP contribution in [0.15, 0.2) is 84.9 Å². The molecule has 0 saturated carbocycles. The summed E-state index contributed by atoms with van der Waals surface area (Å²) in [4.78, 5) is 22.7. The first-order valence-corrected chi connectivity index (χ1v) is 15.1. The van der Waals surface area contributed by atoms with Gasteiger partial charge >= 0.3 is 0 Å². The van der Waals surface area contributed by atoms with E-state index in [1.165, 1.54) is 34.5 Å². The van der Waals surface area contributed by atoms with Gasteiger partial charge in [0.2, 0.25) is 5.75 Å². The lowest BCUT2D eigenvalue weighted by atomic mass is 10.00. The van der Waals surface area contributed by atoms with Crippen molar-refractivity contribution in [3.63, 3.8) is 0 Å². The van der Waals surface area contributed by atoms with Gasteiger partial charge in [-0.2, -0.15) is 0 Å². The lowest BCUT2D eigenvalue weighted by Crippen LogP contribution is -2.24. The van der Waals surface area contributed by atoms with Gasteiger partial charge in [-0.3, -0.25) is 4.79 Å². The molecule has 0 atom stereocenters. The minimum atomic E-state index is -0.372. The molecule has 0 unspecified atom stereocenters. The van der Waals surface area contributed by atoms with Crippen LogP contribution in [-0.2, 0) is 11.3 Å². The van der Waals surface area contributed by atoms with Crippen LogP contribution in [0.1, 0.15) is 16.8 Å². The van der Waals surface area contributed by atoms with E-state index < -0.39 is 0 Å². The molecule has 1 amide bonds. The van der Waals surface area contributed by atoms with Gasteiger partial charge in [-0.25, -0.2) is 4.98 Å². The van der Waals surface area contributed by atoms with Crippen LogP contribution in [0.5, 0.6) is 34.5 Å². The van der Waals surface area contributed by atoms with Crippen molar-refractivity contribution in [3.05, 3.63) is 102 Å². The number of fused-ring (bicyclic) bond motifs is 3. The van der Waals surface area contributed by atoms with Crippen LogP contribution in [0.3, 0.4) is 0 Å². The van der Waals surface area contributed by atoms with Crippen molar-refractivity contribution in [1.29, 1.82) is 0 Å². The van der Waals surface area contributed by atoms with Crippen molar-refractivity contribution in [2.45, 2.75) is 6.54 Å². The third-order valence-corrected chi connectivity index (χ3v) is 8.08. The molecule has 0 saturated heterocycles. The number of benzene rings is 4. The van der Waals surface area contributed by atoms with E-state index in [-0.39, 0.29) is 24.0 Å². The number of aromatic amines is 1. The highest BCUT2D eigenvalue weighted by Gasteiger charge is 2.21. The van der Waals surface area contributed by atoms with E-state index in [1.54, 1.807) is 37.5 Å². The standard InChI is InChI=1S/C38H35N3O7/c1-44-26-13-11-23(12-14-26)35-36-29(27-8-6-7-9-30(27)41-36)20-25(40-35)21-39-38(43)28(16-22-10-15-31(42)32(17-22)45-2)24-18-33(46-3)37(48-5)34(19-24)47-4/h6-20,41-42H,21H2,1-5H3,(H,39,43)/b28-16+. The molecule has 48 heavy (non-hydrogen) atoms. The lowest BCUT2D eigenvalue weighted by molar-refractivity contribution is -0.115. The predicted molar refractivity (Wildman–Crippen MR) is 186 cm³/mol. The van der Waals surface area contributed by atoms with Gasteiger partial charge < -0.3 is 39.1 Å². The Kier molecular flexibility index (Phi) is 9.06. The third-order valence-electron chi connectivity index (χ3n) is 8.08. The number of carbonyl (C=O) groups excluding carboxylic acids is 1. The van der Waals surface area contributed by atoms with Gasteiger partial charge in [0.1, 0.15) is 5.75 Å². The van der Waals surface area contributed by atoms with Gasteiger partial charge in [0.05, 0.1) is 59.0 Å². The van der Waals surface area contributed by atoms with Crippen molar-refractivity contribution in [2.24, 2.45) is 0 Å². The second-order valence-corrected chi connectivity index (χ2v) is 10.9. The topological polar surface area (TPSA) is 124 Å². The number of aromatic hydroxyl groups is 1. The van der Waals surface area contributed by atoms with Gasteiger partial charge in [-0.05, 0) is 77.9 Å². The molecular formula is C38H35N3O7. The van der Waals surface area contributed by atoms with Crippen LogP contribution >= 0.6 is 0 Å². The second kappa shape index (κ2) is 13.7. The number of methoxy groups -OCH3 is 5. The summed E-state index contributed by atoms with van der Waals surface area (Å²) < 4.78 is 27.3. The van der Waals surface area contributed by atoms with Crippen LogP contribution in [0, 0.1) is 0 Å². The maximum absolute atomic E-state index is 14.1. The SMILES string of the molecule is COc1ccc(-c2nc(CNC(=O)/C(=C/c3ccc(O)c(OC)c3)c3cc(OC)c(OC)c(OC)c3)cc3c2[nH]c2ccccc23)cc1. The number of H-pyrrole nitrogens is 1. The first-order chi connectivity index (χ1) is 23.4. The van der Waals surface area contributed by atoms with Gasteiger partial charge in [-0.15, -0.1) is 0 Å². The van der Waals surface area contributed by atoms with E-state index in [2.05, 4.69) is 16.4 Å². The average molecular weight is 646 g/mol. The second-order valence-electron chi connectivity index (χ2n) is 10.9. The quantitative estimate of drug-likeness (QED) is 0.102. The molecule has 244 valence electrons. The Morgan fingerprint density at radius 3 is 2.17 bits per heavy atom. The molecule has 0 fully saturated rings. The van der Waals surface area contributed by atoms with Gasteiger partial charge in [0.15, 0.2) is 23.0 Å². The molecule has 0 bridgehead atoms. The summed E-state index contributed by atoms with van der Waals surface area (Å²) >= 11 is 0. The number of nitrogens with zero attached hydrogens (tertiary/aromatic N) is 1. The number of hydrogen-bond donors (Lipinski definition) is 3. The molecule has 0 aliphatic heterocycles. The average Bonchev–Trinajstić information content (AvgIpc) is 3.51. The zero-order chi connectivity index (χ0) is 33.8. The van der Waals surface area contributed by atoms with E-state index in [4.69, 9.17) is 28.7 Å². The molecule has 0 aliphatic carbocycles. The summed E-state index contributed by atoms with van der Waals surface area (Å²) in [5, 5.41) is 15.3. The van der Waals surface area contributed by atoms with E-state index >= 15 is 0 Å². The minimum Gasteiger partial charge on any atom is -0.504 e. The highest BCUT2D eigenvalue weighted by molar-refractivity contribution is 6.24. The number of phenols is 1. The number of hydrogen-bond acceptors (Lipinski definition) is 8. The largest absolute Gasteiger partial charge is 0.504 e. The van der Waals surface area contributed by atoms with E-state index in [0.29, 0.717) is 39.6 Å². The van der Waals surface area contributed by atoms with E-state index in [0.717, 1.165) is 38.8 Å². The number of phenolic OH excluding ortho intramolecular Hbond substituents is 1. The number of aromatic nitrogens is 2. The molecule has 2 heterocycles. The molecular weight excluding hydrogens is 610 g/mol. The number of rotatable bonds is 11. The summed E-state index contributed by atoms with van der Waals surface area (Å²) in [7, 11) is 7.65. The summed E-state index contributed by atoms with van der Waals surface area (Å²) in [6.07, 6.45) is 1.71. The molecule has 0 spiro atoms. The summed E-state index contributed by atoms with van der Waals surface area (Å²) in [5.41, 5.74) is 5.68. The Labute approximate surface area is 277 Å². The van der Waals surface area contributed by atoms with Crippen molar-refractivity contribution in [1.82, 2.24) is 15.3 Å². The smallest absolute Gasteiger partial charge is 0.252 e. The molecule has 3 N–H and O–H groups in total. The molecule has 4 aromatic carbocycles. The van der Waals surface area contributed by atoms with Gasteiger partial charge in [-0.1, -0.05) is 24.3 Å². The number of para-hydroxylation sites is 1. The summed E-state index contributed by atoms with van der Waals surface area (Å²) in [5.74, 6) is 1.82. The molecule has 2 aromatic heterocycles. The Morgan fingerprint density at radius 1 is 0.792 bits per heavy atom. The zero-order valence-electron chi connectivity index (χ0n) is 27.2. The highest BCUT2D eigenvalue weighted by atomic mass is 16.5. The van der Waals surface area contributed by atoms with Crippen LogP contribution < -0.4 is 29.0 Å². The Hall–Kier alpha value is -6.16. The van der Waals surface area contributed by atoms with E-state index in [9.17, 15) is 9.90 Å². The van der Waals surface area contributed by atoms with Crippen LogP contribution in [0.2, 0.25) is 0 Å². The highest BCUT2D eigenvalue weighted by Crippen LogP contribution is 2.41. The monoisotopic (exact) mass is 645 g/mol. The number of pyridine rings is 1. The van der Waals surface area contributed by atoms with Crippen molar-refractivity contribution in [3.8, 4) is 45.8 Å². The van der Waals surface area contributed by atoms with Crippen LogP contribution in [-0.4, -0.2) is 56.5 Å². The lowest BCUT2D eigenvalue weighted by Gasteiger charge is -2.16. The molecule has 0 aliphatic rings. The van der Waals surface area contributed by atoms with Crippen molar-refractivity contribution >= 4 is 39.4 Å². The van der Waals surface area contributed by atoms with Crippen molar-refractivity contribution < 1.29 is 33.6 Å². The number of carbonyl (C=O) groups is 1. The molecule has 10 heteroatoms. The molecule has 0 radical (unpaired) electrons. The van der Waals surface area contributed by atoms with Gasteiger partial charge in [0.25, 0.3) is 5.91 Å². The zero-order valence-corrected chi connectivity index (χ0v) is 27.2. The summed E-state index contributed by atoms with van der Waals surface area (Å²) in [6.45, 7) is 0.137. The first-order valence-electron chi connectivity index (χ1n) is 15.1. The molecule has 6 aromatic rings. The minimum absolute atomic E-state index is 0.0140. The molecule has 10 nitrogen and oxygen atoms in total. The third kappa shape index (κ3) is 6.15. The maximum Gasteiger partial charge on any atom is 0.252 e. The maximum atomic E-state index is 14.1.